The number of ether oxygens (including phenoxy) is 2. The fourth-order valence-corrected chi connectivity index (χ4v) is 3.93. The van der Waals surface area contributed by atoms with Gasteiger partial charge in [-0.05, 0) is 72.3 Å². The first-order chi connectivity index (χ1) is 14.9. The third kappa shape index (κ3) is 4.96. The van der Waals surface area contributed by atoms with Crippen LogP contribution in [0.1, 0.15) is 15.9 Å². The van der Waals surface area contributed by atoms with Crippen LogP contribution in [0.25, 0.3) is 0 Å². The van der Waals surface area contributed by atoms with Crippen molar-refractivity contribution in [3.05, 3.63) is 82.9 Å². The summed E-state index contributed by atoms with van der Waals surface area (Å²) in [5, 5.41) is 4.37. The van der Waals surface area contributed by atoms with Gasteiger partial charge in [0.25, 0.3) is 15.9 Å². The lowest BCUT2D eigenvalue weighted by Gasteiger charge is -2.08. The van der Waals surface area contributed by atoms with Crippen LogP contribution in [0, 0.1) is 0 Å². The molecule has 0 atom stereocenters. The molecule has 1 heterocycles. The number of sulfonamides is 1. The van der Waals surface area contributed by atoms with Gasteiger partial charge in [-0.2, -0.15) is 5.10 Å². The fraction of sp³-hybridized carbons (Fsp3) is 0.0476. The lowest BCUT2D eigenvalue weighted by molar-refractivity contribution is 0.0955. The average Bonchev–Trinajstić information content (AvgIpc) is 3.22. The number of halogens is 1. The molecular formula is C21H16ClN3O5S. The minimum atomic E-state index is -3.76. The summed E-state index contributed by atoms with van der Waals surface area (Å²) >= 11 is 5.79. The Kier molecular flexibility index (Phi) is 5.79. The van der Waals surface area contributed by atoms with Gasteiger partial charge in [0.2, 0.25) is 6.79 Å². The molecule has 0 radical (unpaired) electrons. The van der Waals surface area contributed by atoms with Crippen molar-refractivity contribution in [2.24, 2.45) is 5.10 Å². The fourth-order valence-electron chi connectivity index (χ4n) is 2.74. The topological polar surface area (TPSA) is 106 Å². The first kappa shape index (κ1) is 20.7. The number of fused-ring (bicyclic) bond motifs is 1. The molecule has 0 unspecified atom stereocenters. The molecule has 1 aliphatic heterocycles. The van der Waals surface area contributed by atoms with E-state index in [2.05, 4.69) is 15.2 Å². The van der Waals surface area contributed by atoms with E-state index in [0.29, 0.717) is 27.8 Å². The Balaban J connectivity index is 1.37. The summed E-state index contributed by atoms with van der Waals surface area (Å²) in [6, 6.07) is 17.1. The van der Waals surface area contributed by atoms with Crippen LogP contribution >= 0.6 is 11.6 Å². The molecule has 1 amide bonds. The molecule has 10 heteroatoms. The van der Waals surface area contributed by atoms with E-state index >= 15 is 0 Å². The van der Waals surface area contributed by atoms with E-state index in [-0.39, 0.29) is 11.7 Å². The number of nitrogens with one attached hydrogen (secondary N) is 2. The molecule has 8 nitrogen and oxygen atoms in total. The Hall–Kier alpha value is -3.56. The number of hydrogen-bond donors (Lipinski definition) is 2. The number of carbonyl (C=O) groups is 1. The van der Waals surface area contributed by atoms with Crippen LogP contribution in [0.3, 0.4) is 0 Å². The zero-order chi connectivity index (χ0) is 21.8. The van der Waals surface area contributed by atoms with Crippen molar-refractivity contribution in [2.45, 2.75) is 4.90 Å². The van der Waals surface area contributed by atoms with Gasteiger partial charge in [-0.15, -0.1) is 0 Å². The monoisotopic (exact) mass is 457 g/mol. The SMILES string of the molecule is O=C(N/N=C\c1ccc2c(c1)OCO2)c1ccc(NS(=O)(=O)c2ccc(Cl)cc2)cc1. The smallest absolute Gasteiger partial charge is 0.271 e. The Morgan fingerprint density at radius 1 is 0.968 bits per heavy atom. The van der Waals surface area contributed by atoms with E-state index in [1.165, 1.54) is 54.7 Å². The molecular weight excluding hydrogens is 442 g/mol. The summed E-state index contributed by atoms with van der Waals surface area (Å²) in [4.78, 5) is 12.3. The van der Waals surface area contributed by atoms with Crippen LogP contribution in [0.5, 0.6) is 11.5 Å². The lowest BCUT2D eigenvalue weighted by Crippen LogP contribution is -2.18. The zero-order valence-corrected chi connectivity index (χ0v) is 17.5. The normalized spacial score (nSPS) is 12.7. The summed E-state index contributed by atoms with van der Waals surface area (Å²) in [5.41, 5.74) is 3.79. The number of hydrazone groups is 1. The van der Waals surface area contributed by atoms with E-state index < -0.39 is 15.9 Å². The Bertz CT molecular complexity index is 1240. The van der Waals surface area contributed by atoms with E-state index in [9.17, 15) is 13.2 Å². The molecule has 0 bridgehead atoms. The second-order valence-electron chi connectivity index (χ2n) is 6.45. The van der Waals surface area contributed by atoms with E-state index in [1.54, 1.807) is 18.2 Å². The third-order valence-electron chi connectivity index (χ3n) is 4.30. The van der Waals surface area contributed by atoms with E-state index in [1.807, 2.05) is 0 Å². The molecule has 0 aromatic heterocycles. The van der Waals surface area contributed by atoms with Crippen molar-refractivity contribution in [2.75, 3.05) is 11.5 Å². The van der Waals surface area contributed by atoms with E-state index in [4.69, 9.17) is 21.1 Å². The maximum atomic E-state index is 12.4. The quantitative estimate of drug-likeness (QED) is 0.434. The molecule has 158 valence electrons. The molecule has 3 aromatic carbocycles. The van der Waals surface area contributed by atoms with Crippen LogP contribution in [0.15, 0.2) is 76.7 Å². The van der Waals surface area contributed by atoms with Gasteiger partial charge in [-0.3, -0.25) is 9.52 Å². The van der Waals surface area contributed by atoms with Crippen molar-refractivity contribution < 1.29 is 22.7 Å². The number of amides is 1. The molecule has 1 aliphatic rings. The number of carbonyl (C=O) groups excluding carboxylic acids is 1. The van der Waals surface area contributed by atoms with Crippen LogP contribution in [-0.2, 0) is 10.0 Å². The first-order valence-corrected chi connectivity index (χ1v) is 10.9. The van der Waals surface area contributed by atoms with Gasteiger partial charge in [0.05, 0.1) is 11.1 Å². The highest BCUT2D eigenvalue weighted by Crippen LogP contribution is 2.32. The van der Waals surface area contributed by atoms with Crippen molar-refractivity contribution in [1.82, 2.24) is 5.43 Å². The Morgan fingerprint density at radius 2 is 1.68 bits per heavy atom. The highest BCUT2D eigenvalue weighted by molar-refractivity contribution is 7.92. The van der Waals surface area contributed by atoms with Crippen LogP contribution in [-0.4, -0.2) is 27.3 Å². The van der Waals surface area contributed by atoms with Crippen LogP contribution in [0.2, 0.25) is 5.02 Å². The highest BCUT2D eigenvalue weighted by Gasteiger charge is 2.15. The highest BCUT2D eigenvalue weighted by atomic mass is 35.5. The lowest BCUT2D eigenvalue weighted by atomic mass is 10.2. The molecule has 4 rings (SSSR count). The molecule has 0 saturated carbocycles. The standard InChI is InChI=1S/C21H16ClN3O5S/c22-16-4-8-18(9-5-16)31(27,28)25-17-6-2-15(3-7-17)21(26)24-23-12-14-1-10-19-20(11-14)30-13-29-19/h1-12,25H,13H2,(H,24,26)/b23-12-. The van der Waals surface area contributed by atoms with Crippen molar-refractivity contribution >= 4 is 39.4 Å². The van der Waals surface area contributed by atoms with Gasteiger partial charge in [0.1, 0.15) is 0 Å². The molecule has 0 aliphatic carbocycles. The molecule has 0 saturated heterocycles. The number of benzene rings is 3. The van der Waals surface area contributed by atoms with Crippen LogP contribution in [0.4, 0.5) is 5.69 Å². The number of nitrogens with zero attached hydrogens (tertiary/aromatic N) is 1. The zero-order valence-electron chi connectivity index (χ0n) is 15.9. The summed E-state index contributed by atoms with van der Waals surface area (Å²) < 4.78 is 37.8. The van der Waals surface area contributed by atoms with Gasteiger partial charge in [0.15, 0.2) is 11.5 Å². The van der Waals surface area contributed by atoms with Crippen molar-refractivity contribution in [3.8, 4) is 11.5 Å². The minimum Gasteiger partial charge on any atom is -0.454 e. The Morgan fingerprint density at radius 3 is 2.42 bits per heavy atom. The summed E-state index contributed by atoms with van der Waals surface area (Å²) in [5.74, 6) is 0.837. The molecule has 31 heavy (non-hydrogen) atoms. The van der Waals surface area contributed by atoms with Crippen molar-refractivity contribution in [1.29, 1.82) is 0 Å². The maximum Gasteiger partial charge on any atom is 0.271 e. The number of anilines is 1. The minimum absolute atomic E-state index is 0.0802. The number of hydrogen-bond acceptors (Lipinski definition) is 6. The van der Waals surface area contributed by atoms with Crippen molar-refractivity contribution in [3.63, 3.8) is 0 Å². The van der Waals surface area contributed by atoms with Crippen LogP contribution < -0.4 is 19.6 Å². The van der Waals surface area contributed by atoms with E-state index in [0.717, 1.165) is 5.56 Å². The largest absolute Gasteiger partial charge is 0.454 e. The average molecular weight is 458 g/mol. The van der Waals surface area contributed by atoms with Gasteiger partial charge in [0, 0.05) is 16.3 Å². The summed E-state index contributed by atoms with van der Waals surface area (Å²) in [6.07, 6.45) is 1.48. The summed E-state index contributed by atoms with van der Waals surface area (Å²) in [6.45, 7) is 0.179. The Labute approximate surface area is 183 Å². The van der Waals surface area contributed by atoms with Gasteiger partial charge < -0.3 is 9.47 Å². The molecule has 3 aromatic rings. The van der Waals surface area contributed by atoms with Gasteiger partial charge in [-0.1, -0.05) is 11.6 Å². The molecule has 0 spiro atoms. The molecule has 0 fully saturated rings. The summed E-state index contributed by atoms with van der Waals surface area (Å²) in [7, 11) is -3.76. The predicted octanol–water partition coefficient (Wildman–Crippen LogP) is 3.63. The number of rotatable bonds is 6. The first-order valence-electron chi connectivity index (χ1n) is 9.02. The molecule has 2 N–H and O–H groups in total. The maximum absolute atomic E-state index is 12.4. The third-order valence-corrected chi connectivity index (χ3v) is 5.95. The van der Waals surface area contributed by atoms with Gasteiger partial charge >= 0.3 is 0 Å². The second-order valence-corrected chi connectivity index (χ2v) is 8.57. The van der Waals surface area contributed by atoms with Gasteiger partial charge in [-0.25, -0.2) is 13.8 Å². The predicted molar refractivity (Wildman–Crippen MR) is 116 cm³/mol. The second kappa shape index (κ2) is 8.66.